The number of sulfonamides is 1. The minimum Gasteiger partial charge on any atom is -0.348 e. The molecule has 7 heteroatoms. The molecule has 0 spiro atoms. The van der Waals surface area contributed by atoms with Gasteiger partial charge in [-0.1, -0.05) is 34.1 Å². The SMILES string of the molecule is COC1(OC)CN(CCCBr)S(=O)(=O)c2ccccc21. The molecule has 0 amide bonds. The van der Waals surface area contributed by atoms with Crippen molar-refractivity contribution >= 4 is 26.0 Å². The van der Waals surface area contributed by atoms with Crippen LogP contribution in [0, 0.1) is 0 Å². The maximum Gasteiger partial charge on any atom is 0.243 e. The van der Waals surface area contributed by atoms with E-state index < -0.39 is 15.8 Å². The summed E-state index contributed by atoms with van der Waals surface area (Å²) in [6.07, 6.45) is 0.727. The van der Waals surface area contributed by atoms with Gasteiger partial charge in [-0.15, -0.1) is 0 Å². The van der Waals surface area contributed by atoms with Gasteiger partial charge in [-0.05, 0) is 12.5 Å². The van der Waals surface area contributed by atoms with Crippen molar-refractivity contribution in [1.29, 1.82) is 0 Å². The third-order valence-corrected chi connectivity index (χ3v) is 5.96. The molecule has 1 aromatic rings. The highest BCUT2D eigenvalue weighted by Crippen LogP contribution is 2.39. The lowest BCUT2D eigenvalue weighted by Crippen LogP contribution is -2.51. The quantitative estimate of drug-likeness (QED) is 0.592. The van der Waals surface area contributed by atoms with Crippen molar-refractivity contribution in [1.82, 2.24) is 4.31 Å². The number of ether oxygens (including phenoxy) is 2. The third kappa shape index (κ3) is 2.53. The topological polar surface area (TPSA) is 55.8 Å². The van der Waals surface area contributed by atoms with E-state index in [1.807, 2.05) is 0 Å². The summed E-state index contributed by atoms with van der Waals surface area (Å²) in [6, 6.07) is 6.83. The van der Waals surface area contributed by atoms with Crippen molar-refractivity contribution in [2.45, 2.75) is 17.1 Å². The van der Waals surface area contributed by atoms with Crippen molar-refractivity contribution < 1.29 is 17.9 Å². The first-order valence-electron chi connectivity index (χ1n) is 6.28. The summed E-state index contributed by atoms with van der Waals surface area (Å²) in [5.41, 5.74) is 0.556. The largest absolute Gasteiger partial charge is 0.348 e. The van der Waals surface area contributed by atoms with Crippen LogP contribution in [0.1, 0.15) is 12.0 Å². The predicted octanol–water partition coefficient (Wildman–Crippen LogP) is 1.92. The molecule has 0 aliphatic carbocycles. The Kier molecular flexibility index (Phi) is 4.86. The minimum atomic E-state index is -3.49. The molecule has 1 aliphatic heterocycles. The molecule has 20 heavy (non-hydrogen) atoms. The summed E-state index contributed by atoms with van der Waals surface area (Å²) in [5, 5.41) is 0.744. The summed E-state index contributed by atoms with van der Waals surface area (Å²) < 4.78 is 37.7. The lowest BCUT2D eigenvalue weighted by molar-refractivity contribution is -0.223. The van der Waals surface area contributed by atoms with Gasteiger partial charge in [0, 0.05) is 31.7 Å². The van der Waals surface area contributed by atoms with Gasteiger partial charge in [-0.25, -0.2) is 8.42 Å². The van der Waals surface area contributed by atoms with Crippen molar-refractivity contribution in [3.05, 3.63) is 29.8 Å². The second-order valence-electron chi connectivity index (χ2n) is 4.54. The molecule has 0 unspecified atom stereocenters. The van der Waals surface area contributed by atoms with Gasteiger partial charge in [0.05, 0.1) is 11.4 Å². The van der Waals surface area contributed by atoms with E-state index in [1.54, 1.807) is 24.3 Å². The van der Waals surface area contributed by atoms with Gasteiger partial charge >= 0.3 is 0 Å². The fourth-order valence-corrected chi connectivity index (χ4v) is 4.41. The number of halogens is 1. The summed E-state index contributed by atoms with van der Waals surface area (Å²) in [7, 11) is -0.437. The van der Waals surface area contributed by atoms with E-state index >= 15 is 0 Å². The number of methoxy groups -OCH3 is 2. The van der Waals surface area contributed by atoms with Crippen molar-refractivity contribution in [3.8, 4) is 0 Å². The van der Waals surface area contributed by atoms with Crippen LogP contribution >= 0.6 is 15.9 Å². The smallest absolute Gasteiger partial charge is 0.243 e. The number of fused-ring (bicyclic) bond motifs is 1. The number of hydrogen-bond acceptors (Lipinski definition) is 4. The molecule has 112 valence electrons. The molecule has 2 rings (SSSR count). The van der Waals surface area contributed by atoms with Gasteiger partial charge in [0.25, 0.3) is 0 Å². The van der Waals surface area contributed by atoms with Crippen molar-refractivity contribution in [2.75, 3.05) is 32.6 Å². The number of rotatable bonds is 5. The molecule has 0 aromatic heterocycles. The second-order valence-corrected chi connectivity index (χ2v) is 7.24. The molecule has 5 nitrogen and oxygen atoms in total. The molecular formula is C13H18BrNO4S. The lowest BCUT2D eigenvalue weighted by Gasteiger charge is -2.41. The number of nitrogens with zero attached hydrogens (tertiary/aromatic N) is 1. The van der Waals surface area contributed by atoms with E-state index in [9.17, 15) is 8.42 Å². The maximum atomic E-state index is 12.6. The predicted molar refractivity (Wildman–Crippen MR) is 79.3 cm³/mol. The van der Waals surface area contributed by atoms with E-state index in [4.69, 9.17) is 9.47 Å². The van der Waals surface area contributed by atoms with Crippen molar-refractivity contribution in [3.63, 3.8) is 0 Å². The molecule has 1 heterocycles. The third-order valence-electron chi connectivity index (χ3n) is 3.50. The Labute approximate surface area is 128 Å². The van der Waals surface area contributed by atoms with E-state index in [0.717, 1.165) is 11.8 Å². The zero-order chi connectivity index (χ0) is 14.8. The van der Waals surface area contributed by atoms with Crippen LogP contribution in [0.4, 0.5) is 0 Å². The second kappa shape index (κ2) is 6.11. The van der Waals surface area contributed by atoms with E-state index in [0.29, 0.717) is 12.1 Å². The molecule has 1 aromatic carbocycles. The lowest BCUT2D eigenvalue weighted by atomic mass is 10.0. The molecule has 0 atom stereocenters. The first kappa shape index (κ1) is 15.9. The van der Waals surface area contributed by atoms with Gasteiger partial charge in [0.2, 0.25) is 15.8 Å². The van der Waals surface area contributed by atoms with E-state index in [2.05, 4.69) is 15.9 Å². The Bertz CT molecular complexity index is 571. The normalized spacial score (nSPS) is 20.6. The number of hydrogen-bond donors (Lipinski definition) is 0. The monoisotopic (exact) mass is 363 g/mol. The number of benzene rings is 1. The van der Waals surface area contributed by atoms with Crippen LogP contribution in [0.5, 0.6) is 0 Å². The fourth-order valence-electron chi connectivity index (χ4n) is 2.42. The van der Waals surface area contributed by atoms with Crippen LogP contribution in [-0.4, -0.2) is 45.4 Å². The molecule has 0 bridgehead atoms. The fraction of sp³-hybridized carbons (Fsp3) is 0.538. The molecule has 0 N–H and O–H groups in total. The molecule has 0 fully saturated rings. The highest BCUT2D eigenvalue weighted by Gasteiger charge is 2.47. The van der Waals surface area contributed by atoms with Crippen LogP contribution in [0.25, 0.3) is 0 Å². The van der Waals surface area contributed by atoms with E-state index in [-0.39, 0.29) is 11.4 Å². The van der Waals surface area contributed by atoms with Crippen LogP contribution in [0.3, 0.4) is 0 Å². The van der Waals surface area contributed by atoms with Gasteiger partial charge in [-0.3, -0.25) is 0 Å². The first-order valence-corrected chi connectivity index (χ1v) is 8.84. The maximum absolute atomic E-state index is 12.6. The van der Waals surface area contributed by atoms with Gasteiger partial charge in [-0.2, -0.15) is 4.31 Å². The van der Waals surface area contributed by atoms with Crippen LogP contribution in [0.2, 0.25) is 0 Å². The Hall–Kier alpha value is -0.470. The van der Waals surface area contributed by atoms with Crippen LogP contribution in [0.15, 0.2) is 29.2 Å². The average molecular weight is 364 g/mol. The van der Waals surface area contributed by atoms with Crippen LogP contribution in [-0.2, 0) is 25.3 Å². The Morgan fingerprint density at radius 1 is 1.30 bits per heavy atom. The Balaban J connectivity index is 2.56. The van der Waals surface area contributed by atoms with Gasteiger partial charge in [0.1, 0.15) is 0 Å². The highest BCUT2D eigenvalue weighted by atomic mass is 79.9. The average Bonchev–Trinajstić information content (AvgIpc) is 2.47. The molecule has 1 aliphatic rings. The molecule has 0 radical (unpaired) electrons. The van der Waals surface area contributed by atoms with Crippen LogP contribution < -0.4 is 0 Å². The zero-order valence-corrected chi connectivity index (χ0v) is 13.9. The summed E-state index contributed by atoms with van der Waals surface area (Å²) in [5.74, 6) is -1.05. The summed E-state index contributed by atoms with van der Waals surface area (Å²) >= 11 is 3.32. The van der Waals surface area contributed by atoms with Crippen molar-refractivity contribution in [2.24, 2.45) is 0 Å². The number of alkyl halides is 1. The molecule has 0 saturated carbocycles. The Morgan fingerprint density at radius 3 is 2.55 bits per heavy atom. The Morgan fingerprint density at radius 2 is 1.95 bits per heavy atom. The van der Waals surface area contributed by atoms with E-state index in [1.165, 1.54) is 18.5 Å². The van der Waals surface area contributed by atoms with Gasteiger partial charge in [0.15, 0.2) is 0 Å². The minimum absolute atomic E-state index is 0.159. The summed E-state index contributed by atoms with van der Waals surface area (Å²) in [4.78, 5) is 0.254. The highest BCUT2D eigenvalue weighted by molar-refractivity contribution is 9.09. The first-order chi connectivity index (χ1) is 9.51. The molecular weight excluding hydrogens is 346 g/mol. The summed E-state index contributed by atoms with van der Waals surface area (Å²) in [6.45, 7) is 0.586. The standard InChI is InChI=1S/C13H18BrNO4S/c1-18-13(19-2)10-15(9-5-8-14)20(16,17)12-7-4-3-6-11(12)13/h3-4,6-7H,5,8-10H2,1-2H3. The van der Waals surface area contributed by atoms with Gasteiger partial charge < -0.3 is 9.47 Å². The zero-order valence-electron chi connectivity index (χ0n) is 11.5. The molecule has 0 saturated heterocycles.